The lowest BCUT2D eigenvalue weighted by Gasteiger charge is -2.16. The van der Waals surface area contributed by atoms with Crippen LogP contribution in [0.2, 0.25) is 0 Å². The third-order valence-corrected chi connectivity index (χ3v) is 5.35. The van der Waals surface area contributed by atoms with E-state index in [1.54, 1.807) is 0 Å². The Morgan fingerprint density at radius 3 is 2.45 bits per heavy atom. The highest BCUT2D eigenvalue weighted by molar-refractivity contribution is 9.10. The summed E-state index contributed by atoms with van der Waals surface area (Å²) >= 11 is 13.3. The molecule has 0 saturated heterocycles. The second kappa shape index (κ2) is 7.10. The van der Waals surface area contributed by atoms with Gasteiger partial charge in [-0.25, -0.2) is 0 Å². The molecule has 2 aromatic rings. The summed E-state index contributed by atoms with van der Waals surface area (Å²) in [5.74, 6) is 0.893. The van der Waals surface area contributed by atoms with Gasteiger partial charge >= 0.3 is 0 Å². The molecule has 1 heterocycles. The Morgan fingerprint density at radius 2 is 1.90 bits per heavy atom. The standard InChI is InChI=1S/C15H17Br2ClN2/c1-3-20-14(15(17)10(2)19-20)8-12(9-18)11-4-6-13(16)7-5-11/h4-7,12H,3,8-9H2,1-2H3. The molecule has 1 atom stereocenters. The van der Waals surface area contributed by atoms with Crippen molar-refractivity contribution in [2.24, 2.45) is 0 Å². The average molecular weight is 421 g/mol. The van der Waals surface area contributed by atoms with Crippen molar-refractivity contribution in [1.82, 2.24) is 9.78 Å². The summed E-state index contributed by atoms with van der Waals surface area (Å²) in [5.41, 5.74) is 3.51. The Kier molecular flexibility index (Phi) is 5.70. The van der Waals surface area contributed by atoms with Crippen LogP contribution in [0.15, 0.2) is 33.2 Å². The Hall–Kier alpha value is -0.320. The van der Waals surface area contributed by atoms with E-state index in [1.165, 1.54) is 11.3 Å². The molecule has 0 amide bonds. The summed E-state index contributed by atoms with van der Waals surface area (Å²) in [6.45, 7) is 5.00. The van der Waals surface area contributed by atoms with Gasteiger partial charge in [-0.1, -0.05) is 28.1 Å². The Balaban J connectivity index is 2.28. The smallest absolute Gasteiger partial charge is 0.0738 e. The minimum absolute atomic E-state index is 0.294. The largest absolute Gasteiger partial charge is 0.268 e. The van der Waals surface area contributed by atoms with E-state index in [0.29, 0.717) is 11.8 Å². The monoisotopic (exact) mass is 418 g/mol. The molecular weight excluding hydrogens is 403 g/mol. The molecule has 1 aromatic heterocycles. The lowest BCUT2D eigenvalue weighted by molar-refractivity contribution is 0.595. The Bertz CT molecular complexity index is 578. The van der Waals surface area contributed by atoms with Crippen LogP contribution in [0.1, 0.15) is 29.8 Å². The molecule has 0 aliphatic rings. The minimum Gasteiger partial charge on any atom is -0.268 e. The molecule has 0 fully saturated rings. The molecule has 1 aromatic carbocycles. The van der Waals surface area contributed by atoms with Crippen LogP contribution in [-0.2, 0) is 13.0 Å². The summed E-state index contributed by atoms with van der Waals surface area (Å²) < 4.78 is 4.24. The average Bonchev–Trinajstić information content (AvgIpc) is 2.73. The van der Waals surface area contributed by atoms with E-state index in [-0.39, 0.29) is 0 Å². The third kappa shape index (κ3) is 3.46. The molecule has 1 unspecified atom stereocenters. The van der Waals surface area contributed by atoms with Gasteiger partial charge in [0.2, 0.25) is 0 Å². The number of hydrogen-bond acceptors (Lipinski definition) is 1. The van der Waals surface area contributed by atoms with Crippen molar-refractivity contribution in [3.05, 3.63) is 50.2 Å². The highest BCUT2D eigenvalue weighted by atomic mass is 79.9. The molecular formula is C15H17Br2ClN2. The number of halogens is 3. The second-order valence-electron chi connectivity index (χ2n) is 4.77. The van der Waals surface area contributed by atoms with Gasteiger partial charge in [0.1, 0.15) is 0 Å². The maximum Gasteiger partial charge on any atom is 0.0738 e. The first-order chi connectivity index (χ1) is 9.56. The number of aromatic nitrogens is 2. The number of benzene rings is 1. The SMILES string of the molecule is CCn1nc(C)c(Br)c1CC(CCl)c1ccc(Br)cc1. The number of hydrogen-bond donors (Lipinski definition) is 0. The van der Waals surface area contributed by atoms with Gasteiger partial charge in [-0.2, -0.15) is 5.10 Å². The van der Waals surface area contributed by atoms with Crippen molar-refractivity contribution in [3.63, 3.8) is 0 Å². The van der Waals surface area contributed by atoms with Crippen molar-refractivity contribution >= 4 is 43.5 Å². The van der Waals surface area contributed by atoms with E-state index in [9.17, 15) is 0 Å². The number of aryl methyl sites for hydroxylation is 2. The Morgan fingerprint density at radius 1 is 1.25 bits per heavy atom. The predicted molar refractivity (Wildman–Crippen MR) is 91.6 cm³/mol. The quantitative estimate of drug-likeness (QED) is 0.600. The van der Waals surface area contributed by atoms with E-state index in [4.69, 9.17) is 11.6 Å². The van der Waals surface area contributed by atoms with Crippen molar-refractivity contribution < 1.29 is 0 Å². The van der Waals surface area contributed by atoms with Gasteiger partial charge in [0.25, 0.3) is 0 Å². The highest BCUT2D eigenvalue weighted by Gasteiger charge is 2.18. The normalized spacial score (nSPS) is 12.7. The third-order valence-electron chi connectivity index (χ3n) is 3.42. The first-order valence-corrected chi connectivity index (χ1v) is 8.72. The lowest BCUT2D eigenvalue weighted by atomic mass is 9.96. The molecule has 20 heavy (non-hydrogen) atoms. The molecule has 0 N–H and O–H groups in total. The molecule has 0 saturated carbocycles. The molecule has 2 rings (SSSR count). The Labute approximate surface area is 141 Å². The highest BCUT2D eigenvalue weighted by Crippen LogP contribution is 2.29. The first kappa shape index (κ1) is 16.1. The van der Waals surface area contributed by atoms with Gasteiger partial charge < -0.3 is 0 Å². The fourth-order valence-corrected chi connectivity index (χ4v) is 3.29. The summed E-state index contributed by atoms with van der Waals surface area (Å²) in [5, 5.41) is 4.54. The topological polar surface area (TPSA) is 17.8 Å². The first-order valence-electron chi connectivity index (χ1n) is 6.60. The number of nitrogens with zero attached hydrogens (tertiary/aromatic N) is 2. The molecule has 0 spiro atoms. The molecule has 5 heteroatoms. The van der Waals surface area contributed by atoms with Crippen LogP contribution in [0.4, 0.5) is 0 Å². The molecule has 0 aliphatic heterocycles. The summed E-state index contributed by atoms with van der Waals surface area (Å²) in [4.78, 5) is 0. The maximum absolute atomic E-state index is 6.19. The van der Waals surface area contributed by atoms with Crippen LogP contribution in [0.25, 0.3) is 0 Å². The van der Waals surface area contributed by atoms with Gasteiger partial charge in [0.05, 0.1) is 15.9 Å². The molecule has 0 bridgehead atoms. The predicted octanol–water partition coefficient (Wildman–Crippen LogP) is 5.30. The second-order valence-corrected chi connectivity index (χ2v) is 6.79. The summed E-state index contributed by atoms with van der Waals surface area (Å²) in [7, 11) is 0. The van der Waals surface area contributed by atoms with Crippen LogP contribution < -0.4 is 0 Å². The lowest BCUT2D eigenvalue weighted by Crippen LogP contribution is -2.10. The van der Waals surface area contributed by atoms with Crippen molar-refractivity contribution in [1.29, 1.82) is 0 Å². The van der Waals surface area contributed by atoms with E-state index in [2.05, 4.69) is 72.8 Å². The van der Waals surface area contributed by atoms with E-state index in [0.717, 1.165) is 27.6 Å². The van der Waals surface area contributed by atoms with E-state index < -0.39 is 0 Å². The minimum atomic E-state index is 0.294. The zero-order chi connectivity index (χ0) is 14.7. The van der Waals surface area contributed by atoms with Crippen LogP contribution in [0, 0.1) is 6.92 Å². The number of alkyl halides is 1. The van der Waals surface area contributed by atoms with Gasteiger partial charge in [-0.3, -0.25) is 4.68 Å². The van der Waals surface area contributed by atoms with Gasteiger partial charge in [-0.05, 0) is 53.9 Å². The van der Waals surface area contributed by atoms with Crippen molar-refractivity contribution in [2.45, 2.75) is 32.7 Å². The summed E-state index contributed by atoms with van der Waals surface area (Å²) in [6.07, 6.45) is 0.889. The zero-order valence-electron chi connectivity index (χ0n) is 11.5. The van der Waals surface area contributed by atoms with Crippen LogP contribution in [0.5, 0.6) is 0 Å². The number of rotatable bonds is 5. The van der Waals surface area contributed by atoms with Gasteiger partial charge in [0, 0.05) is 22.8 Å². The fourth-order valence-electron chi connectivity index (χ4n) is 2.29. The van der Waals surface area contributed by atoms with Crippen LogP contribution in [0.3, 0.4) is 0 Å². The van der Waals surface area contributed by atoms with Crippen LogP contribution >= 0.6 is 43.5 Å². The van der Waals surface area contributed by atoms with Crippen LogP contribution in [-0.4, -0.2) is 15.7 Å². The fraction of sp³-hybridized carbons (Fsp3) is 0.400. The van der Waals surface area contributed by atoms with E-state index >= 15 is 0 Å². The van der Waals surface area contributed by atoms with Crippen molar-refractivity contribution in [2.75, 3.05) is 5.88 Å². The van der Waals surface area contributed by atoms with E-state index in [1.807, 2.05) is 6.92 Å². The summed E-state index contributed by atoms with van der Waals surface area (Å²) in [6, 6.07) is 8.38. The maximum atomic E-state index is 6.19. The molecule has 108 valence electrons. The zero-order valence-corrected chi connectivity index (χ0v) is 15.5. The van der Waals surface area contributed by atoms with Crippen molar-refractivity contribution in [3.8, 4) is 0 Å². The molecule has 2 nitrogen and oxygen atoms in total. The van der Waals surface area contributed by atoms with Gasteiger partial charge in [-0.15, -0.1) is 11.6 Å². The molecule has 0 radical (unpaired) electrons. The molecule has 0 aliphatic carbocycles. The van der Waals surface area contributed by atoms with Gasteiger partial charge in [0.15, 0.2) is 0 Å².